The van der Waals surface area contributed by atoms with E-state index in [1.807, 2.05) is 32.0 Å². The van der Waals surface area contributed by atoms with Crippen LogP contribution in [0, 0.1) is 6.92 Å². The number of hydrogen-bond donors (Lipinski definition) is 1. The highest BCUT2D eigenvalue weighted by Crippen LogP contribution is 2.21. The molecule has 7 heteroatoms. The average Bonchev–Trinajstić information content (AvgIpc) is 2.91. The van der Waals surface area contributed by atoms with Gasteiger partial charge in [-0.15, -0.1) is 5.10 Å². The van der Waals surface area contributed by atoms with Gasteiger partial charge in [-0.05, 0) is 42.0 Å². The van der Waals surface area contributed by atoms with E-state index in [1.165, 1.54) is 0 Å². The second-order valence-electron chi connectivity index (χ2n) is 4.55. The number of hydrogen-bond acceptors (Lipinski definition) is 5. The van der Waals surface area contributed by atoms with Crippen molar-refractivity contribution in [3.8, 4) is 5.69 Å². The van der Waals surface area contributed by atoms with Crippen molar-refractivity contribution in [1.29, 1.82) is 0 Å². The van der Waals surface area contributed by atoms with Crippen LogP contribution in [0.2, 0.25) is 5.02 Å². The van der Waals surface area contributed by atoms with Crippen LogP contribution in [0.5, 0.6) is 0 Å². The molecule has 1 aromatic heterocycles. The number of benzene rings is 1. The number of tetrazole rings is 1. The number of rotatable bonds is 6. The van der Waals surface area contributed by atoms with Crippen molar-refractivity contribution in [3.05, 3.63) is 34.6 Å². The minimum absolute atomic E-state index is 0.0125. The van der Waals surface area contributed by atoms with Gasteiger partial charge in [0, 0.05) is 18.7 Å². The summed E-state index contributed by atoms with van der Waals surface area (Å²) in [5, 5.41) is 15.9. The van der Waals surface area contributed by atoms with Gasteiger partial charge >= 0.3 is 0 Å². The van der Waals surface area contributed by atoms with Crippen LogP contribution in [-0.4, -0.2) is 40.5 Å². The highest BCUT2D eigenvalue weighted by molar-refractivity contribution is 6.30. The Bertz CT molecular complexity index is 572. The summed E-state index contributed by atoms with van der Waals surface area (Å²) in [6.07, 6.45) is 0. The lowest BCUT2D eigenvalue weighted by atomic mass is 10.2. The second kappa shape index (κ2) is 6.78. The van der Waals surface area contributed by atoms with Gasteiger partial charge in [0.2, 0.25) is 0 Å². The topological polar surface area (TPSA) is 64.9 Å². The fourth-order valence-corrected chi connectivity index (χ4v) is 2.08. The van der Waals surface area contributed by atoms with Crippen molar-refractivity contribution in [1.82, 2.24) is 25.5 Å². The van der Waals surface area contributed by atoms with Crippen LogP contribution in [0.15, 0.2) is 18.2 Å². The maximum Gasteiger partial charge on any atom is 0.173 e. The van der Waals surface area contributed by atoms with Gasteiger partial charge in [0.25, 0.3) is 0 Å². The van der Waals surface area contributed by atoms with Crippen molar-refractivity contribution in [2.45, 2.75) is 19.9 Å². The van der Waals surface area contributed by atoms with Crippen molar-refractivity contribution in [2.75, 3.05) is 20.3 Å². The zero-order chi connectivity index (χ0) is 14.5. The Morgan fingerprint density at radius 2 is 2.25 bits per heavy atom. The third kappa shape index (κ3) is 3.33. The number of aromatic nitrogens is 4. The van der Waals surface area contributed by atoms with Gasteiger partial charge < -0.3 is 10.1 Å². The Hall–Kier alpha value is -1.50. The molecule has 1 unspecified atom stereocenters. The SMILES string of the molecule is COCCNC(C)c1nnnn1-c1cc(Cl)ccc1C. The van der Waals surface area contributed by atoms with Crippen molar-refractivity contribution in [2.24, 2.45) is 0 Å². The zero-order valence-corrected chi connectivity index (χ0v) is 12.6. The molecule has 1 aromatic carbocycles. The van der Waals surface area contributed by atoms with E-state index in [-0.39, 0.29) is 6.04 Å². The van der Waals surface area contributed by atoms with Gasteiger partial charge in [0.1, 0.15) is 0 Å². The summed E-state index contributed by atoms with van der Waals surface area (Å²) in [4.78, 5) is 0. The van der Waals surface area contributed by atoms with Crippen LogP contribution in [0.25, 0.3) is 5.69 Å². The van der Waals surface area contributed by atoms with Gasteiger partial charge in [-0.2, -0.15) is 4.68 Å². The molecule has 20 heavy (non-hydrogen) atoms. The summed E-state index contributed by atoms with van der Waals surface area (Å²) in [5.41, 5.74) is 1.95. The van der Waals surface area contributed by atoms with Gasteiger partial charge in [0.05, 0.1) is 18.3 Å². The first kappa shape index (κ1) is 14.9. The first-order valence-electron chi connectivity index (χ1n) is 6.40. The van der Waals surface area contributed by atoms with Crippen molar-refractivity contribution < 1.29 is 4.74 Å². The van der Waals surface area contributed by atoms with Crippen molar-refractivity contribution in [3.63, 3.8) is 0 Å². The molecule has 108 valence electrons. The highest BCUT2D eigenvalue weighted by Gasteiger charge is 2.16. The third-order valence-electron chi connectivity index (χ3n) is 3.04. The van der Waals surface area contributed by atoms with Crippen molar-refractivity contribution >= 4 is 11.6 Å². The lowest BCUT2D eigenvalue weighted by Gasteiger charge is -2.14. The first-order valence-corrected chi connectivity index (χ1v) is 6.78. The summed E-state index contributed by atoms with van der Waals surface area (Å²) in [6, 6.07) is 5.67. The van der Waals surface area contributed by atoms with Gasteiger partial charge in [0.15, 0.2) is 5.82 Å². The maximum atomic E-state index is 6.05. The molecule has 0 saturated heterocycles. The summed E-state index contributed by atoms with van der Waals surface area (Å²) in [7, 11) is 1.67. The molecule has 0 fully saturated rings. The number of nitrogens with zero attached hydrogens (tertiary/aromatic N) is 4. The molecule has 0 aliphatic carbocycles. The molecular weight excluding hydrogens is 278 g/mol. The van der Waals surface area contributed by atoms with Crippen LogP contribution in [0.4, 0.5) is 0 Å². The molecule has 0 bridgehead atoms. The molecule has 0 spiro atoms. The van der Waals surface area contributed by atoms with Crippen LogP contribution >= 0.6 is 11.6 Å². The van der Waals surface area contributed by atoms with E-state index >= 15 is 0 Å². The summed E-state index contributed by atoms with van der Waals surface area (Å²) >= 11 is 6.05. The standard InChI is InChI=1S/C13H18ClN5O/c1-9-4-5-11(14)8-12(9)19-13(16-17-18-19)10(2)15-6-7-20-3/h4-5,8,10,15H,6-7H2,1-3H3. The molecule has 1 N–H and O–H groups in total. The molecule has 0 saturated carbocycles. The molecule has 6 nitrogen and oxygen atoms in total. The summed E-state index contributed by atoms with van der Waals surface area (Å²) in [5.74, 6) is 0.742. The number of aryl methyl sites for hydroxylation is 1. The van der Waals surface area contributed by atoms with E-state index in [4.69, 9.17) is 16.3 Å². The molecule has 0 radical (unpaired) electrons. The summed E-state index contributed by atoms with van der Waals surface area (Å²) < 4.78 is 6.73. The van der Waals surface area contributed by atoms with Gasteiger partial charge in [-0.25, -0.2) is 0 Å². The van der Waals surface area contributed by atoms with E-state index in [0.717, 1.165) is 23.6 Å². The lowest BCUT2D eigenvalue weighted by Crippen LogP contribution is -2.25. The van der Waals surface area contributed by atoms with Gasteiger partial charge in [-0.3, -0.25) is 0 Å². The third-order valence-corrected chi connectivity index (χ3v) is 3.27. The first-order chi connectivity index (χ1) is 9.63. The minimum atomic E-state index is 0.0125. The Kier molecular flexibility index (Phi) is 5.05. The van der Waals surface area contributed by atoms with E-state index in [1.54, 1.807) is 11.8 Å². The number of nitrogens with one attached hydrogen (secondary N) is 1. The molecule has 0 aliphatic rings. The Morgan fingerprint density at radius 3 is 3.00 bits per heavy atom. The zero-order valence-electron chi connectivity index (χ0n) is 11.8. The molecule has 2 aromatic rings. The minimum Gasteiger partial charge on any atom is -0.383 e. The Balaban J connectivity index is 2.26. The Morgan fingerprint density at radius 1 is 1.45 bits per heavy atom. The fraction of sp³-hybridized carbons (Fsp3) is 0.462. The normalized spacial score (nSPS) is 12.6. The quantitative estimate of drug-likeness (QED) is 0.825. The number of methoxy groups -OCH3 is 1. The molecule has 1 heterocycles. The van der Waals surface area contributed by atoms with Gasteiger partial charge in [-0.1, -0.05) is 17.7 Å². The number of ether oxygens (including phenoxy) is 1. The lowest BCUT2D eigenvalue weighted by molar-refractivity contribution is 0.196. The van der Waals surface area contributed by atoms with E-state index in [0.29, 0.717) is 11.6 Å². The van der Waals surface area contributed by atoms with E-state index in [9.17, 15) is 0 Å². The van der Waals surface area contributed by atoms with Crippen LogP contribution in [-0.2, 0) is 4.74 Å². The molecule has 2 rings (SSSR count). The Labute approximate surface area is 123 Å². The predicted octanol–water partition coefficient (Wildman–Crippen LogP) is 1.92. The average molecular weight is 296 g/mol. The van der Waals surface area contributed by atoms with Crippen LogP contribution in [0.3, 0.4) is 0 Å². The molecular formula is C13H18ClN5O. The molecule has 0 amide bonds. The smallest absolute Gasteiger partial charge is 0.173 e. The largest absolute Gasteiger partial charge is 0.383 e. The monoisotopic (exact) mass is 295 g/mol. The maximum absolute atomic E-state index is 6.05. The van der Waals surface area contributed by atoms with Crippen LogP contribution < -0.4 is 5.32 Å². The van der Waals surface area contributed by atoms with E-state index < -0.39 is 0 Å². The number of halogens is 1. The predicted molar refractivity (Wildman–Crippen MR) is 77.2 cm³/mol. The van der Waals surface area contributed by atoms with E-state index in [2.05, 4.69) is 20.8 Å². The highest BCUT2D eigenvalue weighted by atomic mass is 35.5. The molecule has 0 aliphatic heterocycles. The fourth-order valence-electron chi connectivity index (χ4n) is 1.92. The second-order valence-corrected chi connectivity index (χ2v) is 4.98. The summed E-state index contributed by atoms with van der Waals surface area (Å²) in [6.45, 7) is 5.39. The molecule has 1 atom stereocenters. The van der Waals surface area contributed by atoms with Crippen LogP contribution in [0.1, 0.15) is 24.4 Å².